The van der Waals surface area contributed by atoms with Crippen LogP contribution in [0, 0.1) is 0 Å². The minimum absolute atomic E-state index is 0.971. The van der Waals surface area contributed by atoms with E-state index < -0.39 is 0 Å². The predicted octanol–water partition coefficient (Wildman–Crippen LogP) is 4.49. The van der Waals surface area contributed by atoms with Crippen molar-refractivity contribution in [1.29, 1.82) is 0 Å². The second-order valence-corrected chi connectivity index (χ2v) is 6.77. The minimum atomic E-state index is 0.971. The molecule has 0 saturated heterocycles. The maximum Gasteiger partial charge on any atom is 0.0972 e. The summed E-state index contributed by atoms with van der Waals surface area (Å²) < 4.78 is 0. The fourth-order valence-electron chi connectivity index (χ4n) is 4.13. The van der Waals surface area contributed by atoms with Gasteiger partial charge in [0.05, 0.1) is 22.8 Å². The molecular weight excluding hydrogens is 330 g/mol. The Morgan fingerprint density at radius 1 is 0.556 bits per heavy atom. The van der Waals surface area contributed by atoms with Gasteiger partial charge in [-0.25, -0.2) is 0 Å². The van der Waals surface area contributed by atoms with E-state index in [1.54, 1.807) is 0 Å². The quantitative estimate of drug-likeness (QED) is 0.556. The van der Waals surface area contributed by atoms with Crippen molar-refractivity contribution in [3.05, 3.63) is 71.1 Å². The molecule has 6 rings (SSSR count). The number of hydrogen-bond donors (Lipinski definition) is 1. The van der Waals surface area contributed by atoms with Crippen molar-refractivity contribution >= 4 is 46.7 Å². The van der Waals surface area contributed by atoms with Crippen LogP contribution in [0.5, 0.6) is 0 Å². The fraction of sp³-hybridized carbons (Fsp3) is 0. The van der Waals surface area contributed by atoms with Crippen LogP contribution < -0.4 is 10.4 Å². The number of nitrogens with one attached hydrogen (secondary N) is 1. The number of rotatable bonds is 2. The Balaban J connectivity index is 1.85. The average molecular weight is 345 g/mol. The Morgan fingerprint density at radius 2 is 1.00 bits per heavy atom. The molecule has 0 aliphatic carbocycles. The smallest absolute Gasteiger partial charge is 0.0972 e. The van der Waals surface area contributed by atoms with E-state index in [0.29, 0.717) is 0 Å². The maximum atomic E-state index is 4.61. The Labute approximate surface area is 155 Å². The molecule has 0 bridgehead atoms. The van der Waals surface area contributed by atoms with Gasteiger partial charge in [-0.1, -0.05) is 60.7 Å². The van der Waals surface area contributed by atoms with Crippen LogP contribution in [0.4, 0.5) is 11.4 Å². The molecule has 3 nitrogen and oxygen atoms in total. The maximum absolute atomic E-state index is 4.61. The SMILES string of the molecule is C1=Nc2c3c(c4c(-c5ccccc5)[nH]c(-c5ccccc5)c4c2=C1)=CC=N3. The molecule has 2 aliphatic heterocycles. The van der Waals surface area contributed by atoms with E-state index in [0.717, 1.165) is 33.2 Å². The van der Waals surface area contributed by atoms with Crippen LogP contribution in [-0.4, -0.2) is 17.4 Å². The van der Waals surface area contributed by atoms with Gasteiger partial charge in [-0.15, -0.1) is 0 Å². The van der Waals surface area contributed by atoms with E-state index in [9.17, 15) is 0 Å². The van der Waals surface area contributed by atoms with Gasteiger partial charge < -0.3 is 4.98 Å². The topological polar surface area (TPSA) is 40.5 Å². The molecule has 4 aromatic rings. The number of aromatic amines is 1. The largest absolute Gasteiger partial charge is 0.353 e. The van der Waals surface area contributed by atoms with Crippen molar-refractivity contribution in [1.82, 2.24) is 4.98 Å². The zero-order valence-corrected chi connectivity index (χ0v) is 14.5. The first-order valence-corrected chi connectivity index (χ1v) is 9.03. The van der Waals surface area contributed by atoms with E-state index in [1.165, 1.54) is 21.9 Å². The molecule has 126 valence electrons. The highest BCUT2D eigenvalue weighted by atomic mass is 14.8. The third-order valence-electron chi connectivity index (χ3n) is 5.29. The predicted molar refractivity (Wildman–Crippen MR) is 114 cm³/mol. The first-order chi connectivity index (χ1) is 13.4. The Bertz CT molecular complexity index is 1280. The lowest BCUT2D eigenvalue weighted by molar-refractivity contribution is 1.40. The molecule has 0 radical (unpaired) electrons. The van der Waals surface area contributed by atoms with Crippen LogP contribution in [-0.2, 0) is 0 Å². The molecule has 3 heterocycles. The number of aliphatic imine (C=N–C) groups is 2. The number of nitrogens with zero attached hydrogens (tertiary/aromatic N) is 2. The molecule has 0 atom stereocenters. The summed E-state index contributed by atoms with van der Waals surface area (Å²) in [7, 11) is 0. The molecular formula is C24H15N3. The monoisotopic (exact) mass is 345 g/mol. The molecule has 0 amide bonds. The molecule has 0 saturated carbocycles. The Hall–Kier alpha value is -3.72. The van der Waals surface area contributed by atoms with Gasteiger partial charge in [-0.2, -0.15) is 0 Å². The molecule has 0 spiro atoms. The highest BCUT2D eigenvalue weighted by Gasteiger charge is 2.22. The molecule has 0 unspecified atom stereocenters. The summed E-state index contributed by atoms with van der Waals surface area (Å²) in [4.78, 5) is 12.9. The van der Waals surface area contributed by atoms with Crippen molar-refractivity contribution in [3.8, 4) is 22.5 Å². The first kappa shape index (κ1) is 14.4. The van der Waals surface area contributed by atoms with Crippen molar-refractivity contribution in [2.45, 2.75) is 0 Å². The van der Waals surface area contributed by atoms with E-state index in [4.69, 9.17) is 0 Å². The number of aromatic nitrogens is 1. The minimum Gasteiger partial charge on any atom is -0.353 e. The van der Waals surface area contributed by atoms with E-state index in [1.807, 2.05) is 24.6 Å². The van der Waals surface area contributed by atoms with Crippen LogP contribution in [0.25, 0.3) is 45.4 Å². The summed E-state index contributed by atoms with van der Waals surface area (Å²) in [6.45, 7) is 0. The standard InChI is InChI=1S/C24H15N3/c1-3-7-15(8-4-1)21-19-17-11-13-25-23(17)24-18(12-14-26-24)20(19)22(27-21)16-9-5-2-6-10-16/h1-14,27H. The van der Waals surface area contributed by atoms with Gasteiger partial charge in [-0.05, 0) is 23.3 Å². The Morgan fingerprint density at radius 3 is 1.44 bits per heavy atom. The Kier molecular flexibility index (Phi) is 2.88. The van der Waals surface area contributed by atoms with Gasteiger partial charge in [0.2, 0.25) is 0 Å². The molecule has 3 aromatic carbocycles. The van der Waals surface area contributed by atoms with Crippen molar-refractivity contribution in [3.63, 3.8) is 0 Å². The molecule has 2 aliphatic rings. The molecule has 3 heteroatoms. The molecule has 27 heavy (non-hydrogen) atoms. The highest BCUT2D eigenvalue weighted by Crippen LogP contribution is 2.37. The summed E-state index contributed by atoms with van der Waals surface area (Å²) in [5.41, 5.74) is 6.55. The summed E-state index contributed by atoms with van der Waals surface area (Å²) >= 11 is 0. The van der Waals surface area contributed by atoms with Crippen LogP contribution in [0.1, 0.15) is 0 Å². The van der Waals surface area contributed by atoms with Gasteiger partial charge in [0.1, 0.15) is 0 Å². The second kappa shape index (κ2) is 5.39. The van der Waals surface area contributed by atoms with E-state index in [-0.39, 0.29) is 0 Å². The lowest BCUT2D eigenvalue weighted by atomic mass is 9.99. The van der Waals surface area contributed by atoms with Crippen LogP contribution >= 0.6 is 0 Å². The third-order valence-corrected chi connectivity index (χ3v) is 5.29. The molecule has 0 fully saturated rings. The summed E-state index contributed by atoms with van der Waals surface area (Å²) in [6.07, 6.45) is 7.95. The lowest BCUT2D eigenvalue weighted by Crippen LogP contribution is -2.10. The number of hydrogen-bond acceptors (Lipinski definition) is 2. The van der Waals surface area contributed by atoms with Crippen molar-refractivity contribution in [2.24, 2.45) is 9.98 Å². The summed E-state index contributed by atoms with van der Waals surface area (Å²) in [6, 6.07) is 21.0. The number of benzene rings is 3. The zero-order chi connectivity index (χ0) is 17.8. The lowest BCUT2D eigenvalue weighted by Gasteiger charge is -2.05. The number of H-pyrrole nitrogens is 1. The number of fused-ring (bicyclic) bond motifs is 6. The highest BCUT2D eigenvalue weighted by molar-refractivity contribution is 6.16. The fourth-order valence-corrected chi connectivity index (χ4v) is 4.13. The van der Waals surface area contributed by atoms with E-state index in [2.05, 4.69) is 75.7 Å². The summed E-state index contributed by atoms with van der Waals surface area (Å²) in [5.74, 6) is 0. The van der Waals surface area contributed by atoms with Crippen LogP contribution in [0.3, 0.4) is 0 Å². The normalized spacial score (nSPS) is 13.5. The first-order valence-electron chi connectivity index (χ1n) is 9.03. The third kappa shape index (κ3) is 1.97. The van der Waals surface area contributed by atoms with Crippen molar-refractivity contribution < 1.29 is 0 Å². The van der Waals surface area contributed by atoms with Crippen molar-refractivity contribution in [2.75, 3.05) is 0 Å². The molecule has 1 aromatic heterocycles. The van der Waals surface area contributed by atoms with Crippen LogP contribution in [0.2, 0.25) is 0 Å². The van der Waals surface area contributed by atoms with Gasteiger partial charge in [0.15, 0.2) is 0 Å². The van der Waals surface area contributed by atoms with Gasteiger partial charge >= 0.3 is 0 Å². The van der Waals surface area contributed by atoms with Gasteiger partial charge in [0, 0.05) is 33.6 Å². The average Bonchev–Trinajstić information content (AvgIpc) is 3.45. The summed E-state index contributed by atoms with van der Waals surface area (Å²) in [5, 5.41) is 4.73. The van der Waals surface area contributed by atoms with E-state index >= 15 is 0 Å². The zero-order valence-electron chi connectivity index (χ0n) is 14.5. The van der Waals surface area contributed by atoms with Gasteiger partial charge in [0.25, 0.3) is 0 Å². The second-order valence-electron chi connectivity index (χ2n) is 6.77. The van der Waals surface area contributed by atoms with Crippen LogP contribution in [0.15, 0.2) is 70.6 Å². The molecule has 1 N–H and O–H groups in total. The van der Waals surface area contributed by atoms with Gasteiger partial charge in [-0.3, -0.25) is 9.98 Å².